The number of anilines is 1. The molecular weight excluding hydrogens is 358 g/mol. The molecule has 5 heterocycles. The SMILES string of the molecule is Cc1nc2ccc(C(=O)N3CCN(c4ccc5nncn5n4)CC3)nn2c1C. The molecule has 0 atom stereocenters. The lowest BCUT2D eigenvalue weighted by molar-refractivity contribution is 0.0739. The molecule has 1 aliphatic heterocycles. The third-order valence-electron chi connectivity index (χ3n) is 5.20. The van der Waals surface area contributed by atoms with Crippen molar-refractivity contribution in [2.24, 2.45) is 0 Å². The van der Waals surface area contributed by atoms with E-state index in [0.717, 1.165) is 22.9 Å². The van der Waals surface area contributed by atoms with E-state index in [9.17, 15) is 4.79 Å². The second-order valence-corrected chi connectivity index (χ2v) is 6.88. The van der Waals surface area contributed by atoms with Crippen molar-refractivity contribution in [3.63, 3.8) is 0 Å². The number of nitrogens with zero attached hydrogens (tertiary/aromatic N) is 9. The van der Waals surface area contributed by atoms with Gasteiger partial charge in [-0.3, -0.25) is 4.79 Å². The number of carbonyl (C=O) groups excluding carboxylic acids is 1. The van der Waals surface area contributed by atoms with Gasteiger partial charge in [-0.2, -0.15) is 9.61 Å². The predicted octanol–water partition coefficient (Wildman–Crippen LogP) is 0.746. The summed E-state index contributed by atoms with van der Waals surface area (Å²) in [7, 11) is 0. The maximum absolute atomic E-state index is 12.9. The van der Waals surface area contributed by atoms with Crippen LogP contribution in [0.3, 0.4) is 0 Å². The van der Waals surface area contributed by atoms with Crippen LogP contribution in [0.25, 0.3) is 11.3 Å². The molecular formula is C18H19N9O. The van der Waals surface area contributed by atoms with Crippen LogP contribution in [0.2, 0.25) is 0 Å². The maximum atomic E-state index is 12.9. The monoisotopic (exact) mass is 377 g/mol. The normalized spacial score (nSPS) is 14.9. The summed E-state index contributed by atoms with van der Waals surface area (Å²) < 4.78 is 3.39. The van der Waals surface area contributed by atoms with Gasteiger partial charge in [0.2, 0.25) is 0 Å². The molecule has 0 N–H and O–H groups in total. The molecule has 0 unspecified atom stereocenters. The lowest BCUT2D eigenvalue weighted by Crippen LogP contribution is -2.49. The fourth-order valence-electron chi connectivity index (χ4n) is 3.46. The maximum Gasteiger partial charge on any atom is 0.274 e. The van der Waals surface area contributed by atoms with Gasteiger partial charge in [0.25, 0.3) is 5.91 Å². The second kappa shape index (κ2) is 6.25. The van der Waals surface area contributed by atoms with Crippen molar-refractivity contribution in [2.75, 3.05) is 31.1 Å². The summed E-state index contributed by atoms with van der Waals surface area (Å²) in [5.74, 6) is 0.790. The highest BCUT2D eigenvalue weighted by Crippen LogP contribution is 2.16. The van der Waals surface area contributed by atoms with Gasteiger partial charge in [-0.05, 0) is 38.1 Å². The lowest BCUT2D eigenvalue weighted by Gasteiger charge is -2.35. The first-order chi connectivity index (χ1) is 13.6. The molecule has 28 heavy (non-hydrogen) atoms. The van der Waals surface area contributed by atoms with Crippen LogP contribution in [0, 0.1) is 13.8 Å². The first-order valence-corrected chi connectivity index (χ1v) is 9.14. The first-order valence-electron chi connectivity index (χ1n) is 9.14. The molecule has 0 aliphatic carbocycles. The van der Waals surface area contributed by atoms with Crippen molar-refractivity contribution in [2.45, 2.75) is 13.8 Å². The van der Waals surface area contributed by atoms with Crippen LogP contribution in [-0.4, -0.2) is 71.4 Å². The van der Waals surface area contributed by atoms with Gasteiger partial charge in [0.1, 0.15) is 17.8 Å². The Morgan fingerprint density at radius 2 is 1.75 bits per heavy atom. The van der Waals surface area contributed by atoms with Crippen LogP contribution in [0.15, 0.2) is 30.6 Å². The Morgan fingerprint density at radius 3 is 2.57 bits per heavy atom. The second-order valence-electron chi connectivity index (χ2n) is 6.88. The van der Waals surface area contributed by atoms with Crippen molar-refractivity contribution in [3.8, 4) is 0 Å². The van der Waals surface area contributed by atoms with Gasteiger partial charge in [0, 0.05) is 26.2 Å². The molecule has 0 aromatic carbocycles. The molecule has 10 nitrogen and oxygen atoms in total. The van der Waals surface area contributed by atoms with E-state index >= 15 is 0 Å². The zero-order valence-electron chi connectivity index (χ0n) is 15.6. The van der Waals surface area contributed by atoms with Crippen LogP contribution in [0.4, 0.5) is 5.82 Å². The first kappa shape index (κ1) is 16.6. The largest absolute Gasteiger partial charge is 0.352 e. The van der Waals surface area contributed by atoms with Gasteiger partial charge in [-0.15, -0.1) is 15.3 Å². The zero-order valence-corrected chi connectivity index (χ0v) is 15.6. The molecule has 0 saturated carbocycles. The predicted molar refractivity (Wildman–Crippen MR) is 101 cm³/mol. The Balaban J connectivity index is 1.32. The number of fused-ring (bicyclic) bond motifs is 2. The van der Waals surface area contributed by atoms with Gasteiger partial charge in [0.05, 0.1) is 11.4 Å². The van der Waals surface area contributed by atoms with E-state index in [1.165, 1.54) is 0 Å². The lowest BCUT2D eigenvalue weighted by atomic mass is 10.2. The molecule has 0 radical (unpaired) electrons. The molecule has 142 valence electrons. The van der Waals surface area contributed by atoms with Crippen molar-refractivity contribution in [3.05, 3.63) is 47.7 Å². The number of hydrogen-bond acceptors (Lipinski definition) is 7. The average molecular weight is 377 g/mol. The molecule has 10 heteroatoms. The highest BCUT2D eigenvalue weighted by Gasteiger charge is 2.24. The number of rotatable bonds is 2. The van der Waals surface area contributed by atoms with E-state index in [1.807, 2.05) is 36.9 Å². The summed E-state index contributed by atoms with van der Waals surface area (Å²) in [5, 5.41) is 16.8. The van der Waals surface area contributed by atoms with Crippen molar-refractivity contribution < 1.29 is 4.79 Å². The topological polar surface area (TPSA) is 96.8 Å². The smallest absolute Gasteiger partial charge is 0.274 e. The minimum Gasteiger partial charge on any atom is -0.352 e. The third-order valence-corrected chi connectivity index (χ3v) is 5.20. The number of piperazine rings is 1. The van der Waals surface area contributed by atoms with Gasteiger partial charge in [0.15, 0.2) is 11.3 Å². The van der Waals surface area contributed by atoms with E-state index in [0.29, 0.717) is 37.5 Å². The van der Waals surface area contributed by atoms with Crippen LogP contribution in [0.5, 0.6) is 0 Å². The van der Waals surface area contributed by atoms with Crippen molar-refractivity contribution >= 4 is 23.0 Å². The molecule has 1 amide bonds. The molecule has 1 saturated heterocycles. The number of amides is 1. The van der Waals surface area contributed by atoms with Gasteiger partial charge in [-0.25, -0.2) is 9.50 Å². The van der Waals surface area contributed by atoms with Crippen LogP contribution < -0.4 is 4.90 Å². The third kappa shape index (κ3) is 2.65. The van der Waals surface area contributed by atoms with Crippen LogP contribution in [-0.2, 0) is 0 Å². The highest BCUT2D eigenvalue weighted by atomic mass is 16.2. The molecule has 1 aliphatic rings. The summed E-state index contributed by atoms with van der Waals surface area (Å²) >= 11 is 0. The van der Waals surface area contributed by atoms with Gasteiger partial charge >= 0.3 is 0 Å². The Hall–Kier alpha value is -3.56. The van der Waals surface area contributed by atoms with Crippen LogP contribution >= 0.6 is 0 Å². The van der Waals surface area contributed by atoms with E-state index in [2.05, 4.69) is 30.3 Å². The van der Waals surface area contributed by atoms with Gasteiger partial charge in [-0.1, -0.05) is 0 Å². The number of imidazole rings is 1. The van der Waals surface area contributed by atoms with Crippen molar-refractivity contribution in [1.29, 1.82) is 0 Å². The fraction of sp³-hybridized carbons (Fsp3) is 0.333. The fourth-order valence-corrected chi connectivity index (χ4v) is 3.46. The summed E-state index contributed by atoms with van der Waals surface area (Å²) in [5.41, 5.74) is 3.77. The highest BCUT2D eigenvalue weighted by molar-refractivity contribution is 5.92. The van der Waals surface area contributed by atoms with E-state index in [4.69, 9.17) is 0 Å². The minimum absolute atomic E-state index is 0.0606. The molecule has 5 rings (SSSR count). The summed E-state index contributed by atoms with van der Waals surface area (Å²) in [6.07, 6.45) is 1.58. The summed E-state index contributed by atoms with van der Waals surface area (Å²) in [6.45, 7) is 6.53. The Bertz CT molecular complexity index is 1190. The minimum atomic E-state index is -0.0606. The number of carbonyl (C=O) groups is 1. The van der Waals surface area contributed by atoms with E-state index in [1.54, 1.807) is 21.4 Å². The zero-order chi connectivity index (χ0) is 19.3. The summed E-state index contributed by atoms with van der Waals surface area (Å²) in [4.78, 5) is 21.3. The quantitative estimate of drug-likeness (QED) is 0.508. The van der Waals surface area contributed by atoms with Crippen LogP contribution in [0.1, 0.15) is 21.9 Å². The molecule has 4 aromatic rings. The Labute approximate surface area is 160 Å². The average Bonchev–Trinajstić information content (AvgIpc) is 3.31. The number of aromatic nitrogens is 7. The van der Waals surface area contributed by atoms with E-state index < -0.39 is 0 Å². The van der Waals surface area contributed by atoms with Gasteiger partial charge < -0.3 is 9.80 Å². The number of hydrogen-bond donors (Lipinski definition) is 0. The standard InChI is InChI=1S/C18H19N9O/c1-12-13(2)27-15(20-12)4-3-14(22-27)18(28)25-9-7-24(8-10-25)17-6-5-16-21-19-11-26(16)23-17/h3-6,11H,7-10H2,1-2H3. The van der Waals surface area contributed by atoms with Crippen molar-refractivity contribution in [1.82, 2.24) is 39.3 Å². The Kier molecular flexibility index (Phi) is 3.71. The molecule has 4 aromatic heterocycles. The molecule has 0 bridgehead atoms. The number of aryl methyl sites for hydroxylation is 2. The Morgan fingerprint density at radius 1 is 0.964 bits per heavy atom. The summed E-state index contributed by atoms with van der Waals surface area (Å²) in [6, 6.07) is 7.41. The molecule has 0 spiro atoms. The molecule has 1 fully saturated rings. The van der Waals surface area contributed by atoms with E-state index in [-0.39, 0.29) is 5.91 Å².